The van der Waals surface area contributed by atoms with Gasteiger partial charge in [0.2, 0.25) is 0 Å². The molecule has 0 N–H and O–H groups in total. The molecule has 1 aliphatic rings. The second-order valence-electron chi connectivity index (χ2n) is 15.4. The Hall–Kier alpha value is -5.29. The van der Waals surface area contributed by atoms with Crippen molar-refractivity contribution in [1.82, 2.24) is 23.6 Å². The number of halogens is 1. The van der Waals surface area contributed by atoms with E-state index in [-0.39, 0.29) is 16.8 Å². The van der Waals surface area contributed by atoms with E-state index in [1.165, 1.54) is 21.7 Å². The van der Waals surface area contributed by atoms with Crippen LogP contribution in [0.4, 0.5) is 9.18 Å². The Morgan fingerprint density at radius 1 is 0.907 bits per heavy atom. The Balaban J connectivity index is 1.24. The average Bonchev–Trinajstić information content (AvgIpc) is 3.63. The van der Waals surface area contributed by atoms with Crippen molar-refractivity contribution in [3.63, 3.8) is 0 Å². The second kappa shape index (κ2) is 14.5. The number of aromatic nitrogens is 4. The van der Waals surface area contributed by atoms with Crippen molar-refractivity contribution >= 4 is 27.1 Å². The number of fused-ring (bicyclic) bond motifs is 1. The van der Waals surface area contributed by atoms with Crippen molar-refractivity contribution in [3.8, 4) is 22.3 Å². The lowest BCUT2D eigenvalue weighted by Gasteiger charge is -2.33. The van der Waals surface area contributed by atoms with Crippen LogP contribution < -0.4 is 0 Å². The fourth-order valence-corrected chi connectivity index (χ4v) is 8.67. The number of rotatable bonds is 8. The van der Waals surface area contributed by atoms with Crippen molar-refractivity contribution in [2.45, 2.75) is 77.8 Å². The number of aryl methyl sites for hydroxylation is 2. The van der Waals surface area contributed by atoms with Gasteiger partial charge >= 0.3 is 6.09 Å². The molecule has 1 aliphatic heterocycles. The summed E-state index contributed by atoms with van der Waals surface area (Å²) in [5, 5.41) is 5.50. The molecule has 7 rings (SSSR count). The number of pyridine rings is 1. The van der Waals surface area contributed by atoms with Crippen LogP contribution in [-0.4, -0.2) is 56.8 Å². The van der Waals surface area contributed by atoms with Gasteiger partial charge in [-0.15, -0.1) is 0 Å². The highest BCUT2D eigenvalue weighted by Crippen LogP contribution is 2.38. The van der Waals surface area contributed by atoms with E-state index >= 15 is 0 Å². The zero-order chi connectivity index (χ0) is 38.4. The quantitative estimate of drug-likeness (QED) is 0.154. The molecule has 11 heteroatoms. The minimum atomic E-state index is -4.01. The number of amides is 1. The highest BCUT2D eigenvalue weighted by molar-refractivity contribution is 7.90. The summed E-state index contributed by atoms with van der Waals surface area (Å²) in [5.74, 6) is 0.118. The van der Waals surface area contributed by atoms with Gasteiger partial charge in [-0.25, -0.2) is 26.6 Å². The summed E-state index contributed by atoms with van der Waals surface area (Å²) in [6.07, 6.45) is 5.81. The molecule has 3 aromatic carbocycles. The predicted octanol–water partition coefficient (Wildman–Crippen LogP) is 9.11. The molecule has 280 valence electrons. The number of benzene rings is 3. The molecule has 4 heterocycles. The Morgan fingerprint density at radius 3 is 2.31 bits per heavy atom. The Kier molecular flexibility index (Phi) is 9.95. The summed E-state index contributed by atoms with van der Waals surface area (Å²) in [6.45, 7) is 13.1. The number of nitrogens with zero attached hydrogens (tertiary/aromatic N) is 5. The van der Waals surface area contributed by atoms with E-state index in [9.17, 15) is 17.6 Å². The number of piperidine rings is 1. The van der Waals surface area contributed by atoms with Gasteiger partial charge in [0.25, 0.3) is 10.0 Å². The van der Waals surface area contributed by atoms with Crippen LogP contribution in [0.3, 0.4) is 0 Å². The normalized spacial score (nSPS) is 14.2. The molecule has 0 atom stereocenters. The largest absolute Gasteiger partial charge is 0.444 e. The highest BCUT2D eigenvalue weighted by atomic mass is 32.2. The topological polar surface area (TPSA) is 99.3 Å². The van der Waals surface area contributed by atoms with Gasteiger partial charge in [-0.2, -0.15) is 5.10 Å². The van der Waals surface area contributed by atoms with E-state index in [0.717, 1.165) is 58.5 Å². The van der Waals surface area contributed by atoms with Crippen LogP contribution in [0.25, 0.3) is 33.3 Å². The summed E-state index contributed by atoms with van der Waals surface area (Å²) >= 11 is 0. The molecule has 0 spiro atoms. The van der Waals surface area contributed by atoms with Gasteiger partial charge in [-0.3, -0.25) is 4.68 Å². The maximum Gasteiger partial charge on any atom is 0.410 e. The molecule has 54 heavy (non-hydrogen) atoms. The fraction of sp³-hybridized carbons (Fsp3) is 0.326. The van der Waals surface area contributed by atoms with Gasteiger partial charge in [-0.05, 0) is 114 Å². The number of ether oxygens (including phenoxy) is 1. The van der Waals surface area contributed by atoms with Crippen LogP contribution in [-0.2, 0) is 27.7 Å². The summed E-state index contributed by atoms with van der Waals surface area (Å²) in [7, 11) is -4.01. The van der Waals surface area contributed by atoms with Crippen molar-refractivity contribution in [2.75, 3.05) is 13.1 Å². The molecule has 3 aromatic heterocycles. The van der Waals surface area contributed by atoms with Crippen molar-refractivity contribution in [2.24, 2.45) is 5.92 Å². The standard InChI is InChI=1S/C43H46FN5O4S/c1-28-13-15-37(16-14-28)54(51,52)49-27-39(40-29(2)46-48(30(40)3)26-33-10-8-12-36(44)23-33)38-24-35(25-45-41(38)49)34-11-7-9-32(22-34)21-31-17-19-47(20-18-31)42(50)53-43(4,5)6/h7-16,22-25,27,31H,17-21,26H2,1-6H3. The Bertz CT molecular complexity index is 2450. The first-order chi connectivity index (χ1) is 25.7. The van der Waals surface area contributed by atoms with Gasteiger partial charge in [-0.1, -0.05) is 54.1 Å². The van der Waals surface area contributed by atoms with E-state index in [4.69, 9.17) is 14.8 Å². The zero-order valence-corrected chi connectivity index (χ0v) is 32.5. The Labute approximate surface area is 316 Å². The number of hydrogen-bond donors (Lipinski definition) is 0. The lowest BCUT2D eigenvalue weighted by atomic mass is 9.89. The van der Waals surface area contributed by atoms with Crippen LogP contribution in [0.15, 0.2) is 96.2 Å². The predicted molar refractivity (Wildman–Crippen MR) is 209 cm³/mol. The van der Waals surface area contributed by atoms with Crippen LogP contribution >= 0.6 is 0 Å². The lowest BCUT2D eigenvalue weighted by Crippen LogP contribution is -2.42. The van der Waals surface area contributed by atoms with Gasteiger partial charge in [0.05, 0.1) is 17.1 Å². The molecule has 0 aliphatic carbocycles. The van der Waals surface area contributed by atoms with E-state index in [1.54, 1.807) is 47.6 Å². The number of carbonyl (C=O) groups excluding carboxylic acids is 1. The maximum absolute atomic E-state index is 14.2. The third-order valence-corrected chi connectivity index (χ3v) is 11.8. The van der Waals surface area contributed by atoms with Crippen LogP contribution in [0.2, 0.25) is 0 Å². The van der Waals surface area contributed by atoms with Crippen molar-refractivity contribution in [3.05, 3.63) is 125 Å². The third-order valence-electron chi connectivity index (χ3n) is 10.1. The summed E-state index contributed by atoms with van der Waals surface area (Å²) in [4.78, 5) is 19.4. The minimum Gasteiger partial charge on any atom is -0.444 e. The summed E-state index contributed by atoms with van der Waals surface area (Å²) < 4.78 is 51.1. The fourth-order valence-electron chi connectivity index (χ4n) is 7.35. The molecule has 9 nitrogen and oxygen atoms in total. The lowest BCUT2D eigenvalue weighted by molar-refractivity contribution is 0.0184. The molecule has 0 bridgehead atoms. The first kappa shape index (κ1) is 37.0. The van der Waals surface area contributed by atoms with E-state index in [2.05, 4.69) is 12.1 Å². The maximum atomic E-state index is 14.2. The van der Waals surface area contributed by atoms with Gasteiger partial charge in [0.15, 0.2) is 5.65 Å². The minimum absolute atomic E-state index is 0.169. The molecule has 0 radical (unpaired) electrons. The Morgan fingerprint density at radius 2 is 1.61 bits per heavy atom. The number of carbonyl (C=O) groups is 1. The smallest absolute Gasteiger partial charge is 0.410 e. The first-order valence-corrected chi connectivity index (χ1v) is 19.8. The average molecular weight is 748 g/mol. The summed E-state index contributed by atoms with van der Waals surface area (Å²) in [5.41, 5.74) is 7.61. The molecular weight excluding hydrogens is 702 g/mol. The van der Waals surface area contributed by atoms with Crippen molar-refractivity contribution in [1.29, 1.82) is 0 Å². The van der Waals surface area contributed by atoms with Crippen LogP contribution in [0.5, 0.6) is 0 Å². The van der Waals surface area contributed by atoms with Gasteiger partial charge in [0.1, 0.15) is 11.4 Å². The van der Waals surface area contributed by atoms with Crippen LogP contribution in [0, 0.1) is 32.5 Å². The van der Waals surface area contributed by atoms with Crippen LogP contribution in [0.1, 0.15) is 61.7 Å². The van der Waals surface area contributed by atoms with Gasteiger partial charge < -0.3 is 9.64 Å². The van der Waals surface area contributed by atoms with Gasteiger partial charge in [0, 0.05) is 53.3 Å². The van der Waals surface area contributed by atoms with E-state index in [0.29, 0.717) is 42.1 Å². The highest BCUT2D eigenvalue weighted by Gasteiger charge is 2.28. The molecule has 6 aromatic rings. The molecular formula is C43H46FN5O4S. The van der Waals surface area contributed by atoms with E-state index in [1.807, 2.05) is 70.5 Å². The summed E-state index contributed by atoms with van der Waals surface area (Å²) in [6, 6.07) is 23.7. The number of likely N-dealkylation sites (tertiary alicyclic amines) is 1. The monoisotopic (exact) mass is 747 g/mol. The third kappa shape index (κ3) is 7.68. The van der Waals surface area contributed by atoms with E-state index < -0.39 is 15.6 Å². The molecule has 1 saturated heterocycles. The molecule has 1 amide bonds. The molecule has 0 unspecified atom stereocenters. The second-order valence-corrected chi connectivity index (χ2v) is 17.2. The number of hydrogen-bond acceptors (Lipinski definition) is 6. The molecule has 1 fully saturated rings. The SMILES string of the molecule is Cc1ccc(S(=O)(=O)n2cc(-c3c(C)nn(Cc4cccc(F)c4)c3C)c3cc(-c4cccc(CC5CCN(C(=O)OC(C)(C)C)CC5)c4)cnc32)cc1. The molecule has 0 saturated carbocycles. The zero-order valence-electron chi connectivity index (χ0n) is 31.6. The first-order valence-electron chi connectivity index (χ1n) is 18.4. The van der Waals surface area contributed by atoms with Crippen molar-refractivity contribution < 1.29 is 22.3 Å².